The van der Waals surface area contributed by atoms with Crippen LogP contribution in [0.15, 0.2) is 54.9 Å². The zero-order valence-corrected chi connectivity index (χ0v) is 9.97. The zero-order chi connectivity index (χ0) is 12.2. The zero-order valence-electron chi connectivity index (χ0n) is 9.97. The maximum atomic E-state index is 5.83. The molecule has 3 rings (SSSR count). The molecule has 0 amide bonds. The van der Waals surface area contributed by atoms with E-state index < -0.39 is 0 Å². The van der Waals surface area contributed by atoms with Crippen LogP contribution in [0.2, 0.25) is 0 Å². The van der Waals surface area contributed by atoms with Crippen molar-refractivity contribution in [1.29, 1.82) is 0 Å². The maximum Gasteiger partial charge on any atom is 0.127 e. The molecule has 0 saturated carbocycles. The molecule has 1 N–H and O–H groups in total. The fourth-order valence-corrected chi connectivity index (χ4v) is 2.01. The van der Waals surface area contributed by atoms with E-state index in [0.717, 1.165) is 23.4 Å². The van der Waals surface area contributed by atoms with E-state index in [0.29, 0.717) is 6.61 Å². The average molecular weight is 238 g/mol. The van der Waals surface area contributed by atoms with E-state index in [9.17, 15) is 0 Å². The monoisotopic (exact) mass is 238 g/mol. The number of aromatic amines is 1. The van der Waals surface area contributed by atoms with E-state index in [1.165, 1.54) is 5.39 Å². The molecule has 3 nitrogen and oxygen atoms in total. The van der Waals surface area contributed by atoms with Crippen LogP contribution in [0.3, 0.4) is 0 Å². The molecule has 0 saturated heterocycles. The Kier molecular flexibility index (Phi) is 2.96. The Morgan fingerprint density at radius 2 is 1.94 bits per heavy atom. The highest BCUT2D eigenvalue weighted by Crippen LogP contribution is 2.25. The minimum absolute atomic E-state index is 0.627. The molecule has 1 heterocycles. The van der Waals surface area contributed by atoms with Crippen LogP contribution in [-0.2, 0) is 6.42 Å². The smallest absolute Gasteiger partial charge is 0.127 e. The Labute approximate surface area is 105 Å². The second-order valence-electron chi connectivity index (χ2n) is 4.11. The van der Waals surface area contributed by atoms with Gasteiger partial charge in [0.25, 0.3) is 0 Å². The van der Waals surface area contributed by atoms with E-state index >= 15 is 0 Å². The quantitative estimate of drug-likeness (QED) is 0.758. The van der Waals surface area contributed by atoms with Gasteiger partial charge in [-0.05, 0) is 11.5 Å². The second-order valence-corrected chi connectivity index (χ2v) is 4.11. The van der Waals surface area contributed by atoms with Crippen molar-refractivity contribution in [2.24, 2.45) is 0 Å². The number of hydrogen-bond acceptors (Lipinski definition) is 2. The van der Waals surface area contributed by atoms with Crippen molar-refractivity contribution in [3.63, 3.8) is 0 Å². The number of nitrogens with zero attached hydrogens (tertiary/aromatic N) is 1. The summed E-state index contributed by atoms with van der Waals surface area (Å²) in [4.78, 5) is 7.24. The van der Waals surface area contributed by atoms with Crippen LogP contribution < -0.4 is 4.74 Å². The number of nitrogens with one attached hydrogen (secondary N) is 1. The Bertz CT molecular complexity index is 627. The van der Waals surface area contributed by atoms with Crippen molar-refractivity contribution in [1.82, 2.24) is 9.97 Å². The van der Waals surface area contributed by atoms with Crippen LogP contribution in [0, 0.1) is 0 Å². The first-order chi connectivity index (χ1) is 8.93. The Balaban J connectivity index is 1.74. The van der Waals surface area contributed by atoms with Crippen molar-refractivity contribution < 1.29 is 4.74 Å². The van der Waals surface area contributed by atoms with Crippen LogP contribution >= 0.6 is 0 Å². The molecular weight excluding hydrogens is 224 g/mol. The second kappa shape index (κ2) is 4.92. The van der Waals surface area contributed by atoms with Gasteiger partial charge in [0.2, 0.25) is 0 Å². The fourth-order valence-electron chi connectivity index (χ4n) is 2.01. The molecule has 0 fully saturated rings. The van der Waals surface area contributed by atoms with E-state index in [4.69, 9.17) is 4.74 Å². The van der Waals surface area contributed by atoms with Crippen LogP contribution in [0.25, 0.3) is 10.8 Å². The summed E-state index contributed by atoms with van der Waals surface area (Å²) in [5.74, 6) is 1.88. The van der Waals surface area contributed by atoms with Gasteiger partial charge in [0.15, 0.2) is 0 Å². The molecule has 0 atom stereocenters. The first kappa shape index (κ1) is 10.8. The minimum Gasteiger partial charge on any atom is -0.492 e. The van der Waals surface area contributed by atoms with Gasteiger partial charge in [0.05, 0.1) is 6.61 Å². The highest BCUT2D eigenvalue weighted by atomic mass is 16.5. The van der Waals surface area contributed by atoms with Crippen molar-refractivity contribution in [2.75, 3.05) is 6.61 Å². The summed E-state index contributed by atoms with van der Waals surface area (Å²) in [6.07, 6.45) is 4.37. The predicted molar refractivity (Wildman–Crippen MR) is 71.7 cm³/mol. The summed E-state index contributed by atoms with van der Waals surface area (Å²) in [5, 5.41) is 2.35. The molecule has 90 valence electrons. The van der Waals surface area contributed by atoms with E-state index in [1.807, 2.05) is 30.5 Å². The number of H-pyrrole nitrogens is 1. The Morgan fingerprint density at radius 3 is 2.83 bits per heavy atom. The summed E-state index contributed by atoms with van der Waals surface area (Å²) in [7, 11) is 0. The van der Waals surface area contributed by atoms with Gasteiger partial charge in [0.1, 0.15) is 11.6 Å². The van der Waals surface area contributed by atoms with Gasteiger partial charge in [-0.15, -0.1) is 0 Å². The molecule has 0 aliphatic carbocycles. The molecule has 0 radical (unpaired) electrons. The van der Waals surface area contributed by atoms with Gasteiger partial charge in [-0.2, -0.15) is 0 Å². The number of ether oxygens (including phenoxy) is 1. The summed E-state index contributed by atoms with van der Waals surface area (Å²) in [6, 6.07) is 14.4. The largest absolute Gasteiger partial charge is 0.492 e. The number of imidazole rings is 1. The third kappa shape index (κ3) is 2.20. The lowest BCUT2D eigenvalue weighted by atomic mass is 10.1. The molecule has 0 unspecified atom stereocenters. The van der Waals surface area contributed by atoms with Gasteiger partial charge in [-0.1, -0.05) is 36.4 Å². The fraction of sp³-hybridized carbons (Fsp3) is 0.133. The highest BCUT2D eigenvalue weighted by molar-refractivity contribution is 5.88. The van der Waals surface area contributed by atoms with Crippen molar-refractivity contribution in [3.05, 3.63) is 60.7 Å². The summed E-state index contributed by atoms with van der Waals surface area (Å²) < 4.78 is 5.83. The van der Waals surface area contributed by atoms with Gasteiger partial charge in [0, 0.05) is 24.2 Å². The van der Waals surface area contributed by atoms with E-state index in [1.54, 1.807) is 6.20 Å². The topological polar surface area (TPSA) is 37.9 Å². The van der Waals surface area contributed by atoms with Crippen LogP contribution in [0.4, 0.5) is 0 Å². The summed E-state index contributed by atoms with van der Waals surface area (Å²) >= 11 is 0. The van der Waals surface area contributed by atoms with E-state index in [2.05, 4.69) is 28.2 Å². The number of benzene rings is 2. The lowest BCUT2D eigenvalue weighted by Gasteiger charge is -2.08. The molecule has 1 aromatic heterocycles. The molecule has 3 heteroatoms. The normalized spacial score (nSPS) is 10.7. The first-order valence-corrected chi connectivity index (χ1v) is 6.02. The molecule has 2 aromatic carbocycles. The molecule has 0 aliphatic rings. The van der Waals surface area contributed by atoms with Crippen molar-refractivity contribution in [2.45, 2.75) is 6.42 Å². The maximum absolute atomic E-state index is 5.83. The number of aromatic nitrogens is 2. The van der Waals surface area contributed by atoms with Crippen molar-refractivity contribution in [3.8, 4) is 5.75 Å². The molecule has 0 spiro atoms. The van der Waals surface area contributed by atoms with Crippen LogP contribution in [0.1, 0.15) is 5.82 Å². The molecule has 18 heavy (non-hydrogen) atoms. The Hall–Kier alpha value is -2.29. The summed E-state index contributed by atoms with van der Waals surface area (Å²) in [6.45, 7) is 0.627. The molecule has 0 bridgehead atoms. The van der Waals surface area contributed by atoms with Crippen molar-refractivity contribution >= 4 is 10.8 Å². The van der Waals surface area contributed by atoms with Gasteiger partial charge < -0.3 is 9.72 Å². The van der Waals surface area contributed by atoms with Crippen LogP contribution in [0.5, 0.6) is 5.75 Å². The minimum atomic E-state index is 0.627. The standard InChI is InChI=1S/C15H14N2O/c1-2-6-13-12(4-1)5-3-7-14(13)18-11-8-15-16-9-10-17-15/h1-7,9-10H,8,11H2,(H,16,17). The van der Waals surface area contributed by atoms with Gasteiger partial charge in [-0.25, -0.2) is 4.98 Å². The number of rotatable bonds is 4. The lowest BCUT2D eigenvalue weighted by Crippen LogP contribution is -2.02. The van der Waals surface area contributed by atoms with Gasteiger partial charge in [-0.3, -0.25) is 0 Å². The Morgan fingerprint density at radius 1 is 1.06 bits per heavy atom. The highest BCUT2D eigenvalue weighted by Gasteiger charge is 2.01. The summed E-state index contributed by atoms with van der Waals surface area (Å²) in [5.41, 5.74) is 0. The molecular formula is C15H14N2O. The molecule has 0 aliphatic heterocycles. The SMILES string of the molecule is c1ccc2c(OCCc3ncc[nH]3)cccc2c1. The van der Waals surface area contributed by atoms with E-state index in [-0.39, 0.29) is 0 Å². The third-order valence-corrected chi connectivity index (χ3v) is 2.90. The number of fused-ring (bicyclic) bond motifs is 1. The third-order valence-electron chi connectivity index (χ3n) is 2.90. The number of hydrogen-bond donors (Lipinski definition) is 1. The first-order valence-electron chi connectivity index (χ1n) is 6.02. The van der Waals surface area contributed by atoms with Crippen LogP contribution in [-0.4, -0.2) is 16.6 Å². The predicted octanol–water partition coefficient (Wildman–Crippen LogP) is 3.18. The molecule has 3 aromatic rings. The van der Waals surface area contributed by atoms with Gasteiger partial charge >= 0.3 is 0 Å². The average Bonchev–Trinajstić information content (AvgIpc) is 2.92. The lowest BCUT2D eigenvalue weighted by molar-refractivity contribution is 0.323.